The second-order valence-electron chi connectivity index (χ2n) is 5.80. The normalized spacial score (nSPS) is 12.2. The summed E-state index contributed by atoms with van der Waals surface area (Å²) >= 11 is 0. The summed E-state index contributed by atoms with van der Waals surface area (Å²) in [6.07, 6.45) is 4.44. The SMILES string of the molecule is CC(C)(C)C(=O)C(=Cc1ccc([N+](=O)[O-])cc1)n1cncn1. The van der Waals surface area contributed by atoms with Crippen molar-refractivity contribution in [3.05, 3.63) is 52.6 Å². The van der Waals surface area contributed by atoms with Gasteiger partial charge in [0.25, 0.3) is 5.69 Å². The zero-order valence-electron chi connectivity index (χ0n) is 12.6. The van der Waals surface area contributed by atoms with Gasteiger partial charge in [-0.15, -0.1) is 0 Å². The minimum absolute atomic E-state index is 0.00148. The van der Waals surface area contributed by atoms with Gasteiger partial charge in [-0.25, -0.2) is 9.67 Å². The molecule has 22 heavy (non-hydrogen) atoms. The van der Waals surface area contributed by atoms with E-state index >= 15 is 0 Å². The summed E-state index contributed by atoms with van der Waals surface area (Å²) in [6.45, 7) is 5.45. The number of Topliss-reactive ketones (excluding diaryl/α,β-unsaturated/α-hetero) is 1. The van der Waals surface area contributed by atoms with Crippen LogP contribution < -0.4 is 0 Å². The molecular formula is C15H16N4O3. The number of hydrogen-bond acceptors (Lipinski definition) is 5. The highest BCUT2D eigenvalue weighted by Gasteiger charge is 2.26. The molecule has 2 rings (SSSR count). The largest absolute Gasteiger partial charge is 0.292 e. The maximum absolute atomic E-state index is 12.6. The Hall–Kier alpha value is -2.83. The second kappa shape index (κ2) is 5.88. The molecule has 2 aromatic rings. The lowest BCUT2D eigenvalue weighted by Crippen LogP contribution is -2.24. The standard InChI is InChI=1S/C15H16N4O3/c1-15(2,3)14(20)13(18-10-16-9-17-18)8-11-4-6-12(7-5-11)19(21)22/h4-10H,1-3H3. The van der Waals surface area contributed by atoms with Gasteiger partial charge in [-0.3, -0.25) is 14.9 Å². The molecule has 0 aliphatic rings. The number of nitro benzene ring substituents is 1. The molecule has 7 nitrogen and oxygen atoms in total. The molecule has 0 atom stereocenters. The number of nitrogens with zero attached hydrogens (tertiary/aromatic N) is 4. The molecular weight excluding hydrogens is 284 g/mol. The van der Waals surface area contributed by atoms with Crippen molar-refractivity contribution in [1.29, 1.82) is 0 Å². The Morgan fingerprint density at radius 1 is 1.27 bits per heavy atom. The summed E-state index contributed by atoms with van der Waals surface area (Å²) < 4.78 is 1.40. The molecule has 1 aromatic heterocycles. The maximum atomic E-state index is 12.6. The van der Waals surface area contributed by atoms with Gasteiger partial charge < -0.3 is 0 Å². The van der Waals surface area contributed by atoms with Crippen molar-refractivity contribution in [2.24, 2.45) is 5.41 Å². The van der Waals surface area contributed by atoms with E-state index in [4.69, 9.17) is 0 Å². The van der Waals surface area contributed by atoms with Crippen molar-refractivity contribution < 1.29 is 9.72 Å². The number of hydrogen-bond donors (Lipinski definition) is 0. The summed E-state index contributed by atoms with van der Waals surface area (Å²) in [7, 11) is 0. The van der Waals surface area contributed by atoms with Gasteiger partial charge in [0.1, 0.15) is 18.4 Å². The van der Waals surface area contributed by atoms with Gasteiger partial charge in [-0.05, 0) is 23.8 Å². The van der Waals surface area contributed by atoms with E-state index in [9.17, 15) is 14.9 Å². The van der Waals surface area contributed by atoms with E-state index in [1.54, 1.807) is 18.2 Å². The molecule has 0 aliphatic heterocycles. The highest BCUT2D eigenvalue weighted by atomic mass is 16.6. The van der Waals surface area contributed by atoms with Crippen LogP contribution in [-0.4, -0.2) is 25.5 Å². The van der Waals surface area contributed by atoms with E-state index in [2.05, 4.69) is 10.1 Å². The van der Waals surface area contributed by atoms with Crippen LogP contribution in [0.15, 0.2) is 36.9 Å². The van der Waals surface area contributed by atoms with Gasteiger partial charge in [-0.1, -0.05) is 20.8 Å². The Kier molecular flexibility index (Phi) is 4.16. The molecule has 114 valence electrons. The zero-order chi connectivity index (χ0) is 16.3. The number of carbonyl (C=O) groups excluding carboxylic acids is 1. The smallest absolute Gasteiger partial charge is 0.269 e. The summed E-state index contributed by atoms with van der Waals surface area (Å²) in [4.78, 5) is 26.6. The topological polar surface area (TPSA) is 90.9 Å². The van der Waals surface area contributed by atoms with Crippen LogP contribution in [-0.2, 0) is 4.79 Å². The van der Waals surface area contributed by atoms with E-state index < -0.39 is 10.3 Å². The molecule has 0 unspecified atom stereocenters. The Balaban J connectivity index is 2.45. The fraction of sp³-hybridized carbons (Fsp3) is 0.267. The molecule has 7 heteroatoms. The van der Waals surface area contributed by atoms with E-state index in [0.29, 0.717) is 11.3 Å². The third kappa shape index (κ3) is 3.43. The summed E-state index contributed by atoms with van der Waals surface area (Å²) in [5, 5.41) is 14.7. The van der Waals surface area contributed by atoms with Gasteiger partial charge in [0, 0.05) is 17.5 Å². The number of rotatable bonds is 4. The quantitative estimate of drug-likeness (QED) is 0.492. The van der Waals surface area contributed by atoms with Crippen molar-refractivity contribution in [3.8, 4) is 0 Å². The molecule has 0 saturated carbocycles. The molecule has 0 aliphatic carbocycles. The van der Waals surface area contributed by atoms with Crippen molar-refractivity contribution in [2.45, 2.75) is 20.8 Å². The first kappa shape index (κ1) is 15.6. The van der Waals surface area contributed by atoms with Crippen LogP contribution in [0.4, 0.5) is 5.69 Å². The highest BCUT2D eigenvalue weighted by Crippen LogP contribution is 2.24. The molecule has 1 aromatic carbocycles. The minimum atomic E-state index is -0.585. The Morgan fingerprint density at radius 3 is 2.36 bits per heavy atom. The van der Waals surface area contributed by atoms with Crippen molar-refractivity contribution >= 4 is 23.2 Å². The molecule has 0 saturated heterocycles. The fourth-order valence-corrected chi connectivity index (χ4v) is 1.80. The van der Waals surface area contributed by atoms with Crippen LogP contribution in [0.1, 0.15) is 26.3 Å². The van der Waals surface area contributed by atoms with E-state index in [1.165, 1.54) is 29.5 Å². The molecule has 0 N–H and O–H groups in total. The lowest BCUT2D eigenvalue weighted by atomic mass is 9.88. The number of allylic oxidation sites excluding steroid dienone is 1. The number of non-ortho nitro benzene ring substituents is 1. The Morgan fingerprint density at radius 2 is 1.91 bits per heavy atom. The number of benzene rings is 1. The lowest BCUT2D eigenvalue weighted by Gasteiger charge is -2.18. The average Bonchev–Trinajstić information content (AvgIpc) is 2.97. The van der Waals surface area contributed by atoms with Gasteiger partial charge in [0.15, 0.2) is 5.78 Å². The van der Waals surface area contributed by atoms with Crippen molar-refractivity contribution in [2.75, 3.05) is 0 Å². The third-order valence-corrected chi connectivity index (χ3v) is 2.99. The second-order valence-corrected chi connectivity index (χ2v) is 5.80. The van der Waals surface area contributed by atoms with E-state index in [0.717, 1.165) is 0 Å². The molecule has 0 radical (unpaired) electrons. The lowest BCUT2D eigenvalue weighted by molar-refractivity contribution is -0.384. The number of aromatic nitrogens is 3. The summed E-state index contributed by atoms with van der Waals surface area (Å²) in [6, 6.07) is 5.97. The minimum Gasteiger partial charge on any atom is -0.292 e. The van der Waals surface area contributed by atoms with Crippen LogP contribution in [0.25, 0.3) is 11.8 Å². The van der Waals surface area contributed by atoms with Gasteiger partial charge >= 0.3 is 0 Å². The third-order valence-electron chi connectivity index (χ3n) is 2.99. The highest BCUT2D eigenvalue weighted by molar-refractivity contribution is 6.21. The Labute approximate surface area is 127 Å². The first-order chi connectivity index (χ1) is 10.3. The monoisotopic (exact) mass is 300 g/mol. The summed E-state index contributed by atoms with van der Waals surface area (Å²) in [5.74, 6) is -0.101. The van der Waals surface area contributed by atoms with Crippen LogP contribution in [0, 0.1) is 15.5 Å². The predicted octanol–water partition coefficient (Wildman–Crippen LogP) is 2.80. The van der Waals surface area contributed by atoms with E-state index in [1.807, 2.05) is 20.8 Å². The zero-order valence-corrected chi connectivity index (χ0v) is 12.6. The first-order valence-electron chi connectivity index (χ1n) is 6.65. The van der Waals surface area contributed by atoms with Crippen LogP contribution in [0.2, 0.25) is 0 Å². The molecule has 0 amide bonds. The molecule has 0 spiro atoms. The average molecular weight is 300 g/mol. The first-order valence-corrected chi connectivity index (χ1v) is 6.65. The maximum Gasteiger partial charge on any atom is 0.269 e. The van der Waals surface area contributed by atoms with Crippen LogP contribution in [0.5, 0.6) is 0 Å². The van der Waals surface area contributed by atoms with E-state index in [-0.39, 0.29) is 11.5 Å². The fourth-order valence-electron chi connectivity index (χ4n) is 1.80. The van der Waals surface area contributed by atoms with Gasteiger partial charge in [0.2, 0.25) is 0 Å². The predicted molar refractivity (Wildman–Crippen MR) is 81.7 cm³/mol. The van der Waals surface area contributed by atoms with Crippen LogP contribution in [0.3, 0.4) is 0 Å². The Bertz CT molecular complexity index is 710. The van der Waals surface area contributed by atoms with Crippen molar-refractivity contribution in [3.63, 3.8) is 0 Å². The molecule has 1 heterocycles. The summed E-state index contributed by atoms with van der Waals surface area (Å²) in [5.41, 5.74) is 0.451. The van der Waals surface area contributed by atoms with Gasteiger partial charge in [-0.2, -0.15) is 5.10 Å². The molecule has 0 fully saturated rings. The van der Waals surface area contributed by atoms with Gasteiger partial charge in [0.05, 0.1) is 4.92 Å². The number of carbonyl (C=O) groups is 1. The number of nitro groups is 1. The van der Waals surface area contributed by atoms with Crippen LogP contribution >= 0.6 is 0 Å². The van der Waals surface area contributed by atoms with Crippen molar-refractivity contribution in [1.82, 2.24) is 14.8 Å². The molecule has 0 bridgehead atoms. The number of ketones is 1.